The van der Waals surface area contributed by atoms with Gasteiger partial charge < -0.3 is 9.84 Å². The van der Waals surface area contributed by atoms with Crippen LogP contribution in [0.2, 0.25) is 0 Å². The van der Waals surface area contributed by atoms with E-state index < -0.39 is 24.1 Å². The molecule has 0 unspecified atom stereocenters. The molecule has 0 spiro atoms. The molecule has 5 nitrogen and oxygen atoms in total. The fourth-order valence-corrected chi connectivity index (χ4v) is 0.489. The second-order valence-corrected chi connectivity index (χ2v) is 2.10. The Morgan fingerprint density at radius 1 is 1.25 bits per heavy atom. The topological polar surface area (TPSA) is 80.7 Å². The van der Waals surface area contributed by atoms with Crippen LogP contribution in [0.3, 0.4) is 0 Å². The molecule has 0 rings (SSSR count). The molecule has 0 fully saturated rings. The number of rotatable bonds is 5. The number of esters is 1. The molecule has 0 aliphatic carbocycles. The molecular weight excluding hydrogens is 164 g/mol. The number of carbonyl (C=O) groups excluding carboxylic acids is 3. The van der Waals surface area contributed by atoms with Gasteiger partial charge in [0.15, 0.2) is 6.61 Å². The molecule has 5 heteroatoms. The monoisotopic (exact) mass is 174 g/mol. The van der Waals surface area contributed by atoms with Crippen molar-refractivity contribution in [3.05, 3.63) is 0 Å². The maximum atomic E-state index is 10.7. The fourth-order valence-electron chi connectivity index (χ4n) is 0.489. The second kappa shape index (κ2) is 5.42. The Balaban J connectivity index is 3.72. The molecule has 0 radical (unpaired) electrons. The normalized spacial score (nSPS) is 9.17. The van der Waals surface area contributed by atoms with Crippen molar-refractivity contribution in [3.8, 4) is 0 Å². The van der Waals surface area contributed by atoms with Crippen LogP contribution in [-0.4, -0.2) is 35.9 Å². The van der Waals surface area contributed by atoms with Crippen LogP contribution in [0.1, 0.15) is 13.3 Å². The lowest BCUT2D eigenvalue weighted by molar-refractivity contribution is -0.148. The highest BCUT2D eigenvalue weighted by molar-refractivity contribution is 6.37. The van der Waals surface area contributed by atoms with Crippen molar-refractivity contribution in [2.45, 2.75) is 13.3 Å². The summed E-state index contributed by atoms with van der Waals surface area (Å²) in [5, 5.41) is 8.28. The van der Waals surface area contributed by atoms with Crippen molar-refractivity contribution in [3.63, 3.8) is 0 Å². The van der Waals surface area contributed by atoms with Gasteiger partial charge in [0.1, 0.15) is 0 Å². The van der Waals surface area contributed by atoms with Crippen LogP contribution in [-0.2, 0) is 19.1 Å². The van der Waals surface area contributed by atoms with Gasteiger partial charge in [0.25, 0.3) is 0 Å². The molecule has 0 aliphatic heterocycles. The summed E-state index contributed by atoms with van der Waals surface area (Å²) in [7, 11) is 0. The zero-order valence-corrected chi connectivity index (χ0v) is 6.70. The molecule has 12 heavy (non-hydrogen) atoms. The molecule has 0 atom stereocenters. The summed E-state index contributed by atoms with van der Waals surface area (Å²) in [4.78, 5) is 31.5. The molecule has 1 N–H and O–H groups in total. The Morgan fingerprint density at radius 2 is 1.83 bits per heavy atom. The molecule has 0 aromatic carbocycles. The number of ketones is 2. The lowest BCUT2D eigenvalue weighted by atomic mass is 10.2. The average Bonchev–Trinajstić information content (AvgIpc) is 2.00. The summed E-state index contributed by atoms with van der Waals surface area (Å²) in [5.74, 6) is -2.13. The van der Waals surface area contributed by atoms with Crippen LogP contribution in [0, 0.1) is 0 Å². The predicted octanol–water partition coefficient (Wildman–Crippen LogP) is -0.930. The summed E-state index contributed by atoms with van der Waals surface area (Å²) in [6, 6.07) is 0. The number of ether oxygens (including phenoxy) is 1. The first-order valence-corrected chi connectivity index (χ1v) is 3.38. The highest BCUT2D eigenvalue weighted by Gasteiger charge is 2.13. The Bertz CT molecular complexity index is 196. The Morgan fingerprint density at radius 3 is 2.25 bits per heavy atom. The summed E-state index contributed by atoms with van der Waals surface area (Å²) in [6.07, 6.45) is -0.222. The lowest BCUT2D eigenvalue weighted by Gasteiger charge is -1.98. The van der Waals surface area contributed by atoms with Crippen molar-refractivity contribution >= 4 is 17.5 Å². The number of hydrogen-bond donors (Lipinski definition) is 1. The summed E-state index contributed by atoms with van der Waals surface area (Å²) in [5.41, 5.74) is 0. The van der Waals surface area contributed by atoms with Crippen LogP contribution in [0.4, 0.5) is 0 Å². The van der Waals surface area contributed by atoms with E-state index >= 15 is 0 Å². The highest BCUT2D eigenvalue weighted by Crippen LogP contribution is 1.86. The van der Waals surface area contributed by atoms with E-state index in [9.17, 15) is 14.4 Å². The summed E-state index contributed by atoms with van der Waals surface area (Å²) in [6.45, 7) is 0.239. The number of hydrogen-bond acceptors (Lipinski definition) is 5. The molecule has 0 saturated heterocycles. The van der Waals surface area contributed by atoms with E-state index in [-0.39, 0.29) is 13.0 Å². The van der Waals surface area contributed by atoms with Gasteiger partial charge >= 0.3 is 5.97 Å². The van der Waals surface area contributed by atoms with Gasteiger partial charge in [-0.15, -0.1) is 0 Å². The maximum absolute atomic E-state index is 10.7. The van der Waals surface area contributed by atoms with E-state index in [1.165, 1.54) is 0 Å². The molecule has 0 heterocycles. The molecule has 0 aromatic heterocycles. The predicted molar refractivity (Wildman–Crippen MR) is 38.3 cm³/mol. The number of aliphatic hydroxyl groups excluding tert-OH is 1. The van der Waals surface area contributed by atoms with Gasteiger partial charge in [0.2, 0.25) is 11.6 Å². The van der Waals surface area contributed by atoms with E-state index in [4.69, 9.17) is 5.11 Å². The minimum Gasteiger partial charge on any atom is -0.457 e. The summed E-state index contributed by atoms with van der Waals surface area (Å²) < 4.78 is 4.28. The third-order valence-electron chi connectivity index (χ3n) is 1.06. The second-order valence-electron chi connectivity index (χ2n) is 2.10. The van der Waals surface area contributed by atoms with E-state index in [0.29, 0.717) is 0 Å². The van der Waals surface area contributed by atoms with Crippen LogP contribution < -0.4 is 0 Å². The van der Waals surface area contributed by atoms with Crippen molar-refractivity contribution in [2.24, 2.45) is 0 Å². The minimum absolute atomic E-state index is 0.222. The first kappa shape index (κ1) is 10.8. The standard InChI is InChI=1S/C7H10O5/c1-5(9)12-4-7(11)6(10)2-3-8/h8H,2-4H2,1H3. The van der Waals surface area contributed by atoms with Gasteiger partial charge in [0, 0.05) is 13.3 Å². The number of carbonyl (C=O) groups is 3. The Kier molecular flexibility index (Phi) is 4.87. The van der Waals surface area contributed by atoms with Crippen LogP contribution in [0.15, 0.2) is 0 Å². The maximum Gasteiger partial charge on any atom is 0.303 e. The van der Waals surface area contributed by atoms with Crippen molar-refractivity contribution in [1.29, 1.82) is 0 Å². The van der Waals surface area contributed by atoms with Crippen molar-refractivity contribution in [1.82, 2.24) is 0 Å². The van der Waals surface area contributed by atoms with E-state index in [1.54, 1.807) is 0 Å². The van der Waals surface area contributed by atoms with Crippen LogP contribution >= 0.6 is 0 Å². The third kappa shape index (κ3) is 4.56. The first-order valence-electron chi connectivity index (χ1n) is 3.38. The minimum atomic E-state index is -0.792. The van der Waals surface area contributed by atoms with E-state index in [1.807, 2.05) is 0 Å². The van der Waals surface area contributed by atoms with Crippen molar-refractivity contribution < 1.29 is 24.2 Å². The van der Waals surface area contributed by atoms with E-state index in [2.05, 4.69) is 4.74 Å². The SMILES string of the molecule is CC(=O)OCC(=O)C(=O)CCO. The Labute approximate surface area is 69.3 Å². The fraction of sp³-hybridized carbons (Fsp3) is 0.571. The van der Waals surface area contributed by atoms with Gasteiger partial charge in [-0.3, -0.25) is 14.4 Å². The molecule has 0 aromatic rings. The molecule has 0 aliphatic rings. The number of aliphatic hydroxyl groups is 1. The highest BCUT2D eigenvalue weighted by atomic mass is 16.5. The van der Waals surface area contributed by atoms with Gasteiger partial charge in [-0.05, 0) is 0 Å². The molecule has 0 bridgehead atoms. The zero-order chi connectivity index (χ0) is 9.56. The third-order valence-corrected chi connectivity index (χ3v) is 1.06. The molecule has 0 amide bonds. The van der Waals surface area contributed by atoms with Gasteiger partial charge in [-0.2, -0.15) is 0 Å². The zero-order valence-electron chi connectivity index (χ0n) is 6.70. The van der Waals surface area contributed by atoms with Crippen molar-refractivity contribution in [2.75, 3.05) is 13.2 Å². The van der Waals surface area contributed by atoms with Gasteiger partial charge in [-0.25, -0.2) is 0 Å². The molecule has 68 valence electrons. The van der Waals surface area contributed by atoms with Gasteiger partial charge in [-0.1, -0.05) is 0 Å². The molecular formula is C7H10O5. The quantitative estimate of drug-likeness (QED) is 0.430. The average molecular weight is 174 g/mol. The Hall–Kier alpha value is -1.23. The smallest absolute Gasteiger partial charge is 0.303 e. The van der Waals surface area contributed by atoms with Gasteiger partial charge in [0.05, 0.1) is 6.61 Å². The first-order chi connectivity index (χ1) is 5.57. The van der Waals surface area contributed by atoms with Crippen LogP contribution in [0.5, 0.6) is 0 Å². The summed E-state index contributed by atoms with van der Waals surface area (Å²) >= 11 is 0. The largest absolute Gasteiger partial charge is 0.457 e. The molecule has 0 saturated carbocycles. The van der Waals surface area contributed by atoms with E-state index in [0.717, 1.165) is 6.92 Å². The lowest BCUT2D eigenvalue weighted by Crippen LogP contribution is -2.21. The number of Topliss-reactive ketones (excluding diaryl/α,β-unsaturated/α-hetero) is 2. The van der Waals surface area contributed by atoms with Crippen LogP contribution in [0.25, 0.3) is 0 Å².